The number of carbonyl (C=O) groups excluding carboxylic acids is 1. The summed E-state index contributed by atoms with van der Waals surface area (Å²) >= 11 is 0. The van der Waals surface area contributed by atoms with Crippen LogP contribution in [0.2, 0.25) is 0 Å². The zero-order valence-electron chi connectivity index (χ0n) is 17.8. The SMILES string of the molecule is C[C@]12CC[C@H]3[C@@H](CC=C4C=C(Oc5cccc6ccccc56)CC[C@@H]43)[C@@H]1CCC2=O. The lowest BCUT2D eigenvalue weighted by Gasteiger charge is -2.50. The maximum absolute atomic E-state index is 12.6. The third-order valence-electron chi connectivity index (χ3n) is 8.79. The molecule has 2 saturated carbocycles. The molecular weight excluding hydrogens is 368 g/mol. The summed E-state index contributed by atoms with van der Waals surface area (Å²) in [6, 6.07) is 14.7. The number of carbonyl (C=O) groups is 1. The second-order valence-corrected chi connectivity index (χ2v) is 10.1. The van der Waals surface area contributed by atoms with Crippen LogP contribution in [0.4, 0.5) is 0 Å². The third kappa shape index (κ3) is 2.72. The number of benzene rings is 2. The van der Waals surface area contributed by atoms with Crippen molar-refractivity contribution >= 4 is 16.6 Å². The van der Waals surface area contributed by atoms with Gasteiger partial charge in [-0.05, 0) is 78.9 Å². The van der Waals surface area contributed by atoms with Gasteiger partial charge in [-0.25, -0.2) is 0 Å². The Bertz CT molecular complexity index is 1070. The summed E-state index contributed by atoms with van der Waals surface area (Å²) in [5.41, 5.74) is 1.46. The largest absolute Gasteiger partial charge is 0.461 e. The minimum atomic E-state index is -0.0281. The van der Waals surface area contributed by atoms with E-state index in [9.17, 15) is 4.79 Å². The predicted molar refractivity (Wildman–Crippen MR) is 120 cm³/mol. The zero-order valence-corrected chi connectivity index (χ0v) is 17.8. The average molecular weight is 399 g/mol. The highest BCUT2D eigenvalue weighted by molar-refractivity contribution is 5.88. The molecular formula is C28H30O2. The molecule has 0 unspecified atom stereocenters. The number of hydrogen-bond acceptors (Lipinski definition) is 2. The van der Waals surface area contributed by atoms with Crippen LogP contribution in [0, 0.1) is 29.1 Å². The number of Topliss-reactive ketones (excluding diaryl/α,β-unsaturated/α-hetero) is 1. The van der Waals surface area contributed by atoms with E-state index in [-0.39, 0.29) is 5.41 Å². The van der Waals surface area contributed by atoms with E-state index >= 15 is 0 Å². The number of allylic oxidation sites excluding steroid dienone is 4. The molecule has 4 aliphatic rings. The predicted octanol–water partition coefficient (Wildman–Crippen LogP) is 6.85. The van der Waals surface area contributed by atoms with Crippen LogP contribution in [0.5, 0.6) is 5.75 Å². The minimum absolute atomic E-state index is 0.0281. The first-order chi connectivity index (χ1) is 14.6. The first-order valence-electron chi connectivity index (χ1n) is 11.7. The van der Waals surface area contributed by atoms with Crippen LogP contribution in [-0.2, 0) is 4.79 Å². The molecule has 0 N–H and O–H groups in total. The Morgan fingerprint density at radius 1 is 0.967 bits per heavy atom. The molecule has 0 spiro atoms. The number of ketones is 1. The van der Waals surface area contributed by atoms with E-state index in [0.717, 1.165) is 49.5 Å². The van der Waals surface area contributed by atoms with Gasteiger partial charge in [-0.1, -0.05) is 49.4 Å². The number of ether oxygens (including phenoxy) is 1. The van der Waals surface area contributed by atoms with Crippen LogP contribution in [0.25, 0.3) is 10.8 Å². The van der Waals surface area contributed by atoms with Gasteiger partial charge < -0.3 is 4.74 Å². The Morgan fingerprint density at radius 2 is 1.83 bits per heavy atom. The molecule has 2 aromatic carbocycles. The van der Waals surface area contributed by atoms with Crippen molar-refractivity contribution in [2.24, 2.45) is 29.1 Å². The molecule has 0 bridgehead atoms. The van der Waals surface area contributed by atoms with Crippen LogP contribution in [0.15, 0.2) is 65.9 Å². The normalized spacial score (nSPS) is 35.2. The molecule has 0 amide bonds. The molecule has 0 aromatic heterocycles. The second kappa shape index (κ2) is 6.83. The monoisotopic (exact) mass is 398 g/mol. The fourth-order valence-corrected chi connectivity index (χ4v) is 7.21. The summed E-state index contributed by atoms with van der Waals surface area (Å²) in [6.07, 6.45) is 12.4. The minimum Gasteiger partial charge on any atom is -0.461 e. The summed E-state index contributed by atoms with van der Waals surface area (Å²) < 4.78 is 6.43. The van der Waals surface area contributed by atoms with Crippen molar-refractivity contribution < 1.29 is 9.53 Å². The topological polar surface area (TPSA) is 26.3 Å². The molecule has 4 aliphatic carbocycles. The average Bonchev–Trinajstić information content (AvgIpc) is 3.08. The quantitative estimate of drug-likeness (QED) is 0.553. The van der Waals surface area contributed by atoms with Crippen molar-refractivity contribution in [3.63, 3.8) is 0 Å². The summed E-state index contributed by atoms with van der Waals surface area (Å²) in [4.78, 5) is 12.6. The van der Waals surface area contributed by atoms with Crippen LogP contribution in [-0.4, -0.2) is 5.78 Å². The molecule has 0 radical (unpaired) electrons. The van der Waals surface area contributed by atoms with Gasteiger partial charge >= 0.3 is 0 Å². The van der Waals surface area contributed by atoms with Gasteiger partial charge in [0.15, 0.2) is 0 Å². The standard InChI is InChI=1S/C28H30O2/c1-28-16-15-23-21-12-10-20(30-26-8-4-6-18-5-2-3-7-22(18)26)17-19(21)9-11-24(23)25(28)13-14-27(28)29/h2-9,17,21,23-25H,10-16H2,1H3/t21-,23+,24+,25-,28-/m0/s1. The third-order valence-corrected chi connectivity index (χ3v) is 8.79. The Labute approximate surface area is 179 Å². The molecule has 2 aromatic rings. The molecule has 6 rings (SSSR count). The van der Waals surface area contributed by atoms with E-state index in [1.807, 2.05) is 0 Å². The zero-order chi connectivity index (χ0) is 20.3. The maximum atomic E-state index is 12.6. The van der Waals surface area contributed by atoms with E-state index in [1.165, 1.54) is 29.2 Å². The Hall–Kier alpha value is -2.35. The fourth-order valence-electron chi connectivity index (χ4n) is 7.21. The van der Waals surface area contributed by atoms with E-state index in [0.29, 0.717) is 23.5 Å². The lowest BCUT2D eigenvalue weighted by atomic mass is 9.53. The molecule has 154 valence electrons. The molecule has 2 fully saturated rings. The number of rotatable bonds is 2. The molecule has 2 heteroatoms. The van der Waals surface area contributed by atoms with Crippen molar-refractivity contribution in [3.8, 4) is 5.75 Å². The summed E-state index contributed by atoms with van der Waals surface area (Å²) in [6.45, 7) is 2.26. The van der Waals surface area contributed by atoms with Gasteiger partial charge in [0.25, 0.3) is 0 Å². The summed E-state index contributed by atoms with van der Waals surface area (Å²) in [7, 11) is 0. The summed E-state index contributed by atoms with van der Waals surface area (Å²) in [5, 5.41) is 2.40. The molecule has 0 heterocycles. The molecule has 0 aliphatic heterocycles. The second-order valence-electron chi connectivity index (χ2n) is 10.1. The fraction of sp³-hybridized carbons (Fsp3) is 0.464. The van der Waals surface area contributed by atoms with Gasteiger partial charge in [0.05, 0.1) is 0 Å². The Kier molecular flexibility index (Phi) is 4.20. The van der Waals surface area contributed by atoms with Gasteiger partial charge in [-0.2, -0.15) is 0 Å². The van der Waals surface area contributed by atoms with Crippen LogP contribution < -0.4 is 4.74 Å². The van der Waals surface area contributed by atoms with Crippen molar-refractivity contribution in [1.29, 1.82) is 0 Å². The number of fused-ring (bicyclic) bond motifs is 6. The molecule has 5 atom stereocenters. The smallest absolute Gasteiger partial charge is 0.139 e. The van der Waals surface area contributed by atoms with E-state index in [1.54, 1.807) is 0 Å². The van der Waals surface area contributed by atoms with E-state index in [4.69, 9.17) is 4.74 Å². The number of hydrogen-bond donors (Lipinski definition) is 0. The van der Waals surface area contributed by atoms with Crippen molar-refractivity contribution in [2.45, 2.75) is 51.9 Å². The van der Waals surface area contributed by atoms with E-state index < -0.39 is 0 Å². The van der Waals surface area contributed by atoms with Crippen molar-refractivity contribution in [3.05, 3.63) is 65.9 Å². The Morgan fingerprint density at radius 3 is 2.77 bits per heavy atom. The maximum Gasteiger partial charge on any atom is 0.139 e. The molecule has 30 heavy (non-hydrogen) atoms. The summed E-state index contributed by atoms with van der Waals surface area (Å²) in [5.74, 6) is 5.33. The van der Waals surface area contributed by atoms with Crippen LogP contribution in [0.3, 0.4) is 0 Å². The van der Waals surface area contributed by atoms with Gasteiger partial charge in [0, 0.05) is 23.6 Å². The van der Waals surface area contributed by atoms with Crippen molar-refractivity contribution in [1.82, 2.24) is 0 Å². The first kappa shape index (κ1) is 18.4. The highest BCUT2D eigenvalue weighted by Gasteiger charge is 2.55. The van der Waals surface area contributed by atoms with Gasteiger partial charge in [0.1, 0.15) is 17.3 Å². The van der Waals surface area contributed by atoms with Crippen molar-refractivity contribution in [2.75, 3.05) is 0 Å². The molecule has 0 saturated heterocycles. The van der Waals surface area contributed by atoms with E-state index in [2.05, 4.69) is 61.5 Å². The lowest BCUT2D eigenvalue weighted by Crippen LogP contribution is -2.45. The highest BCUT2D eigenvalue weighted by Crippen LogP contribution is 2.59. The lowest BCUT2D eigenvalue weighted by molar-refractivity contribution is -0.130. The Balaban J connectivity index is 1.27. The van der Waals surface area contributed by atoms with Crippen LogP contribution in [0.1, 0.15) is 51.9 Å². The van der Waals surface area contributed by atoms with Gasteiger partial charge in [-0.3, -0.25) is 4.79 Å². The highest BCUT2D eigenvalue weighted by atomic mass is 16.5. The van der Waals surface area contributed by atoms with Gasteiger partial charge in [-0.15, -0.1) is 0 Å². The first-order valence-corrected chi connectivity index (χ1v) is 11.7. The van der Waals surface area contributed by atoms with Gasteiger partial charge in [0.2, 0.25) is 0 Å². The van der Waals surface area contributed by atoms with Crippen LogP contribution >= 0.6 is 0 Å². The molecule has 2 nitrogen and oxygen atoms in total.